The van der Waals surface area contributed by atoms with Crippen molar-refractivity contribution in [2.45, 2.75) is 24.4 Å². The van der Waals surface area contributed by atoms with E-state index in [1.54, 1.807) is 18.2 Å². The molecule has 0 radical (unpaired) electrons. The fraction of sp³-hybridized carbons (Fsp3) is 0.368. The third-order valence-electron chi connectivity index (χ3n) is 4.82. The summed E-state index contributed by atoms with van der Waals surface area (Å²) in [5.41, 5.74) is 5.79. The zero-order valence-electron chi connectivity index (χ0n) is 15.1. The number of hydrogen-bond acceptors (Lipinski definition) is 5. The monoisotopic (exact) mass is 426 g/mol. The number of aromatic nitrogens is 1. The van der Waals surface area contributed by atoms with Crippen LogP contribution >= 0.6 is 23.2 Å². The van der Waals surface area contributed by atoms with Crippen molar-refractivity contribution >= 4 is 40.6 Å². The molecule has 1 aromatic carbocycles. The van der Waals surface area contributed by atoms with E-state index in [1.807, 2.05) is 15.9 Å². The number of nitrogens with two attached hydrogens (primary N) is 1. The molecule has 6 nitrogen and oxygen atoms in total. The SMILES string of the molecule is NC(=O)c1cc(F)cnc1N(c1cccc(Cl)c1)C1CCN(C(Cl)CO)CC1. The first kappa shape index (κ1) is 20.8. The number of aliphatic hydroxyl groups excluding tert-OH is 1. The van der Waals surface area contributed by atoms with E-state index in [0.29, 0.717) is 36.8 Å². The average Bonchev–Trinajstić information content (AvgIpc) is 2.69. The Morgan fingerprint density at radius 2 is 2.11 bits per heavy atom. The molecule has 0 bridgehead atoms. The Labute approximate surface area is 172 Å². The summed E-state index contributed by atoms with van der Waals surface area (Å²) in [5.74, 6) is -1.10. The van der Waals surface area contributed by atoms with Gasteiger partial charge in [0, 0.05) is 29.8 Å². The molecule has 1 unspecified atom stereocenters. The molecule has 150 valence electrons. The number of carbonyl (C=O) groups is 1. The average molecular weight is 427 g/mol. The molecule has 0 spiro atoms. The number of rotatable bonds is 6. The van der Waals surface area contributed by atoms with Gasteiger partial charge in [0.05, 0.1) is 18.4 Å². The summed E-state index contributed by atoms with van der Waals surface area (Å²) >= 11 is 12.3. The van der Waals surface area contributed by atoms with Crippen molar-refractivity contribution in [2.24, 2.45) is 5.73 Å². The Morgan fingerprint density at radius 3 is 2.71 bits per heavy atom. The second-order valence-electron chi connectivity index (χ2n) is 6.62. The first-order valence-corrected chi connectivity index (χ1v) is 9.71. The van der Waals surface area contributed by atoms with Crippen molar-refractivity contribution in [3.63, 3.8) is 0 Å². The lowest BCUT2D eigenvalue weighted by atomic mass is 10.0. The van der Waals surface area contributed by atoms with Crippen molar-refractivity contribution in [1.29, 1.82) is 0 Å². The molecule has 2 heterocycles. The molecule has 1 aliphatic rings. The molecule has 1 atom stereocenters. The molecule has 28 heavy (non-hydrogen) atoms. The van der Waals surface area contributed by atoms with E-state index in [0.717, 1.165) is 18.0 Å². The minimum atomic E-state index is -0.757. The number of primary amides is 1. The molecule has 1 aliphatic heterocycles. The minimum absolute atomic E-state index is 0.00739. The summed E-state index contributed by atoms with van der Waals surface area (Å²) in [6.07, 6.45) is 2.47. The lowest BCUT2D eigenvalue weighted by molar-refractivity contribution is 0.0999. The molecule has 1 fully saturated rings. The number of hydrogen-bond donors (Lipinski definition) is 2. The normalized spacial score (nSPS) is 16.7. The predicted molar refractivity (Wildman–Crippen MR) is 108 cm³/mol. The number of pyridine rings is 1. The predicted octanol–water partition coefficient (Wildman–Crippen LogP) is 3.13. The van der Waals surface area contributed by atoms with E-state index in [2.05, 4.69) is 4.98 Å². The van der Waals surface area contributed by atoms with Crippen LogP contribution in [0.25, 0.3) is 0 Å². The Kier molecular flexibility index (Phi) is 6.72. The molecule has 0 aliphatic carbocycles. The third kappa shape index (κ3) is 4.55. The maximum Gasteiger partial charge on any atom is 0.252 e. The number of likely N-dealkylation sites (tertiary alicyclic amines) is 1. The number of carbonyl (C=O) groups excluding carboxylic acids is 1. The van der Waals surface area contributed by atoms with E-state index >= 15 is 0 Å². The maximum atomic E-state index is 13.7. The number of amides is 1. The Morgan fingerprint density at radius 1 is 1.39 bits per heavy atom. The Hall–Kier alpha value is -1.93. The van der Waals surface area contributed by atoms with Crippen LogP contribution in [0.2, 0.25) is 5.02 Å². The summed E-state index contributed by atoms with van der Waals surface area (Å²) in [6, 6.07) is 8.23. The molecular formula is C19H21Cl2FN4O2. The molecule has 1 aromatic heterocycles. The van der Waals surface area contributed by atoms with Crippen LogP contribution in [0.4, 0.5) is 15.9 Å². The summed E-state index contributed by atoms with van der Waals surface area (Å²) in [6.45, 7) is 1.18. The second kappa shape index (κ2) is 9.05. The van der Waals surface area contributed by atoms with Crippen molar-refractivity contribution in [1.82, 2.24) is 9.88 Å². The fourth-order valence-electron chi connectivity index (χ4n) is 3.48. The molecule has 2 aromatic rings. The lowest BCUT2D eigenvalue weighted by Gasteiger charge is -2.40. The maximum absolute atomic E-state index is 13.7. The third-order valence-corrected chi connectivity index (χ3v) is 5.47. The van der Waals surface area contributed by atoms with Gasteiger partial charge in [-0.1, -0.05) is 17.7 Å². The van der Waals surface area contributed by atoms with Gasteiger partial charge in [0.1, 0.15) is 17.1 Å². The van der Waals surface area contributed by atoms with E-state index < -0.39 is 17.2 Å². The summed E-state index contributed by atoms with van der Waals surface area (Å²) < 4.78 is 13.7. The van der Waals surface area contributed by atoms with Gasteiger partial charge in [-0.15, -0.1) is 11.6 Å². The standard InChI is InChI=1S/C19H21Cl2FN4O2/c20-12-2-1-3-15(8-12)26(14-4-6-25(7-5-14)17(21)11-27)19-16(18(23)28)9-13(22)10-24-19/h1-3,8-10,14,17,27H,4-7,11H2,(H2,23,28). The van der Waals surface area contributed by atoms with Gasteiger partial charge < -0.3 is 15.7 Å². The first-order valence-electron chi connectivity index (χ1n) is 8.90. The number of piperidine rings is 1. The van der Waals surface area contributed by atoms with Crippen LogP contribution in [0.15, 0.2) is 36.5 Å². The highest BCUT2D eigenvalue weighted by molar-refractivity contribution is 6.30. The molecule has 9 heteroatoms. The molecule has 0 saturated carbocycles. The molecule has 1 amide bonds. The number of alkyl halides is 1. The van der Waals surface area contributed by atoms with Crippen LogP contribution in [0.5, 0.6) is 0 Å². The van der Waals surface area contributed by atoms with E-state index in [1.165, 1.54) is 0 Å². The molecule has 1 saturated heterocycles. The molecular weight excluding hydrogens is 406 g/mol. The number of benzene rings is 1. The first-order chi connectivity index (χ1) is 13.4. The Balaban J connectivity index is 2.00. The van der Waals surface area contributed by atoms with Gasteiger partial charge in [0.15, 0.2) is 0 Å². The van der Waals surface area contributed by atoms with Gasteiger partial charge >= 0.3 is 0 Å². The van der Waals surface area contributed by atoms with Gasteiger partial charge in [0.25, 0.3) is 5.91 Å². The van der Waals surface area contributed by atoms with Crippen LogP contribution in [-0.4, -0.2) is 52.1 Å². The zero-order valence-corrected chi connectivity index (χ0v) is 16.6. The van der Waals surface area contributed by atoms with Gasteiger partial charge in [0.2, 0.25) is 0 Å². The lowest BCUT2D eigenvalue weighted by Crippen LogP contribution is -2.47. The van der Waals surface area contributed by atoms with Gasteiger partial charge in [-0.25, -0.2) is 9.37 Å². The summed E-state index contributed by atoms with van der Waals surface area (Å²) in [7, 11) is 0. The number of halogens is 3. The number of nitrogens with zero attached hydrogens (tertiary/aromatic N) is 3. The molecule has 3 rings (SSSR count). The van der Waals surface area contributed by atoms with Crippen LogP contribution in [0.1, 0.15) is 23.2 Å². The summed E-state index contributed by atoms with van der Waals surface area (Å²) in [5, 5.41) is 9.81. The second-order valence-corrected chi connectivity index (χ2v) is 7.56. The highest BCUT2D eigenvalue weighted by atomic mass is 35.5. The van der Waals surface area contributed by atoms with Gasteiger partial charge in [-0.05, 0) is 37.1 Å². The van der Waals surface area contributed by atoms with Crippen LogP contribution < -0.4 is 10.6 Å². The highest BCUT2D eigenvalue weighted by Crippen LogP contribution is 2.34. The van der Waals surface area contributed by atoms with Gasteiger partial charge in [-0.2, -0.15) is 0 Å². The van der Waals surface area contributed by atoms with Gasteiger partial charge in [-0.3, -0.25) is 9.69 Å². The van der Waals surface area contributed by atoms with Crippen LogP contribution in [-0.2, 0) is 0 Å². The zero-order chi connectivity index (χ0) is 20.3. The quantitative estimate of drug-likeness (QED) is 0.547. The fourth-order valence-corrected chi connectivity index (χ4v) is 3.86. The number of aliphatic hydroxyl groups is 1. The van der Waals surface area contributed by atoms with Crippen LogP contribution in [0, 0.1) is 5.82 Å². The highest BCUT2D eigenvalue weighted by Gasteiger charge is 2.31. The largest absolute Gasteiger partial charge is 0.393 e. The van der Waals surface area contributed by atoms with E-state index in [9.17, 15) is 14.3 Å². The number of anilines is 2. The van der Waals surface area contributed by atoms with Crippen molar-refractivity contribution in [3.05, 3.63) is 52.9 Å². The van der Waals surface area contributed by atoms with Crippen molar-refractivity contribution in [3.8, 4) is 0 Å². The Bertz CT molecular complexity index is 846. The van der Waals surface area contributed by atoms with E-state index in [4.69, 9.17) is 28.9 Å². The minimum Gasteiger partial charge on any atom is -0.393 e. The molecule has 3 N–H and O–H groups in total. The topological polar surface area (TPSA) is 82.7 Å². The smallest absolute Gasteiger partial charge is 0.252 e. The van der Waals surface area contributed by atoms with E-state index in [-0.39, 0.29) is 18.2 Å². The van der Waals surface area contributed by atoms with Crippen LogP contribution in [0.3, 0.4) is 0 Å². The summed E-state index contributed by atoms with van der Waals surface area (Å²) in [4.78, 5) is 20.0. The van der Waals surface area contributed by atoms with Crippen molar-refractivity contribution < 1.29 is 14.3 Å². The van der Waals surface area contributed by atoms with Crippen molar-refractivity contribution in [2.75, 3.05) is 24.6 Å².